The summed E-state index contributed by atoms with van der Waals surface area (Å²) in [6, 6.07) is 16.9. The monoisotopic (exact) mass is 474 g/mol. The lowest BCUT2D eigenvalue weighted by molar-refractivity contribution is -0.116. The highest BCUT2D eigenvalue weighted by atomic mass is 19.1. The molecule has 1 amide bonds. The topological polar surface area (TPSA) is 86.6 Å². The smallest absolute Gasteiger partial charge is 0.244 e. The summed E-state index contributed by atoms with van der Waals surface area (Å²) >= 11 is 0. The summed E-state index contributed by atoms with van der Waals surface area (Å²) in [6.45, 7) is 2.21. The fourth-order valence-corrected chi connectivity index (χ4v) is 3.72. The van der Waals surface area contributed by atoms with Crippen LogP contribution in [-0.2, 0) is 11.3 Å². The average molecular weight is 474 g/mol. The number of amides is 1. The number of ether oxygens (including phenoxy) is 2. The van der Waals surface area contributed by atoms with E-state index in [1.54, 1.807) is 48.5 Å². The molecule has 0 aliphatic carbocycles. The summed E-state index contributed by atoms with van der Waals surface area (Å²) in [5.74, 6) is -0.295. The first-order chi connectivity index (χ1) is 16.9. The normalized spacial score (nSPS) is 10.7. The van der Waals surface area contributed by atoms with E-state index in [2.05, 4.69) is 5.32 Å². The molecule has 178 valence electrons. The SMILES string of the molecule is CCOc1ccc(NC(=O)Cn2cc(C(=O)c3ccc(OC)cc3)c(=O)c3cc(F)ccc32)cc1. The zero-order valence-electron chi connectivity index (χ0n) is 19.2. The lowest BCUT2D eigenvalue weighted by atomic mass is 10.0. The summed E-state index contributed by atoms with van der Waals surface area (Å²) < 4.78 is 26.0. The van der Waals surface area contributed by atoms with Gasteiger partial charge in [0.05, 0.1) is 24.8 Å². The van der Waals surface area contributed by atoms with Crippen LogP contribution < -0.4 is 20.2 Å². The first kappa shape index (κ1) is 23.7. The second-order valence-corrected chi connectivity index (χ2v) is 7.72. The summed E-state index contributed by atoms with van der Waals surface area (Å²) in [4.78, 5) is 39.0. The molecule has 3 aromatic carbocycles. The van der Waals surface area contributed by atoms with Crippen molar-refractivity contribution in [3.63, 3.8) is 0 Å². The molecular formula is C27H23FN2O5. The van der Waals surface area contributed by atoms with Crippen LogP contribution in [0.3, 0.4) is 0 Å². The molecule has 0 saturated heterocycles. The van der Waals surface area contributed by atoms with E-state index in [0.29, 0.717) is 29.3 Å². The van der Waals surface area contributed by atoms with Gasteiger partial charge in [0, 0.05) is 22.8 Å². The molecule has 8 heteroatoms. The number of fused-ring (bicyclic) bond motifs is 1. The first-order valence-electron chi connectivity index (χ1n) is 10.9. The second-order valence-electron chi connectivity index (χ2n) is 7.72. The van der Waals surface area contributed by atoms with Crippen LogP contribution in [0.15, 0.2) is 77.7 Å². The molecule has 0 spiro atoms. The molecule has 1 N–H and O–H groups in total. The zero-order chi connectivity index (χ0) is 24.9. The number of carbonyl (C=O) groups is 2. The Labute approximate surface area is 200 Å². The van der Waals surface area contributed by atoms with Gasteiger partial charge in [0.2, 0.25) is 11.3 Å². The van der Waals surface area contributed by atoms with Crippen molar-refractivity contribution >= 4 is 28.3 Å². The first-order valence-corrected chi connectivity index (χ1v) is 10.9. The van der Waals surface area contributed by atoms with E-state index in [1.165, 1.54) is 30.0 Å². The van der Waals surface area contributed by atoms with Gasteiger partial charge in [-0.2, -0.15) is 0 Å². The lowest BCUT2D eigenvalue weighted by Crippen LogP contribution is -2.24. The molecule has 0 aliphatic rings. The van der Waals surface area contributed by atoms with Crippen LogP contribution in [0.1, 0.15) is 22.8 Å². The lowest BCUT2D eigenvalue weighted by Gasteiger charge is -2.14. The van der Waals surface area contributed by atoms with Gasteiger partial charge in [-0.05, 0) is 73.7 Å². The highest BCUT2D eigenvalue weighted by molar-refractivity contribution is 6.10. The van der Waals surface area contributed by atoms with E-state index in [9.17, 15) is 18.8 Å². The van der Waals surface area contributed by atoms with Crippen molar-refractivity contribution in [2.24, 2.45) is 0 Å². The van der Waals surface area contributed by atoms with Gasteiger partial charge >= 0.3 is 0 Å². The molecule has 4 aromatic rings. The highest BCUT2D eigenvalue weighted by Gasteiger charge is 2.19. The number of hydrogen-bond acceptors (Lipinski definition) is 5. The maximum atomic E-state index is 14.0. The Balaban J connectivity index is 1.68. The summed E-state index contributed by atoms with van der Waals surface area (Å²) in [5.41, 5.74) is 0.392. The van der Waals surface area contributed by atoms with Gasteiger partial charge in [-0.3, -0.25) is 14.4 Å². The third kappa shape index (κ3) is 5.22. The van der Waals surface area contributed by atoms with Crippen LogP contribution in [-0.4, -0.2) is 30.0 Å². The molecule has 7 nitrogen and oxygen atoms in total. The minimum absolute atomic E-state index is 0.0122. The number of nitrogens with zero attached hydrogens (tertiary/aromatic N) is 1. The number of rotatable bonds is 8. The van der Waals surface area contributed by atoms with Crippen molar-refractivity contribution < 1.29 is 23.5 Å². The van der Waals surface area contributed by atoms with Gasteiger partial charge in [-0.15, -0.1) is 0 Å². The number of benzene rings is 3. The van der Waals surface area contributed by atoms with Crippen molar-refractivity contribution in [1.29, 1.82) is 0 Å². The third-order valence-electron chi connectivity index (χ3n) is 5.40. The van der Waals surface area contributed by atoms with Gasteiger partial charge < -0.3 is 19.4 Å². The number of hydrogen-bond donors (Lipinski definition) is 1. The zero-order valence-corrected chi connectivity index (χ0v) is 19.2. The fraction of sp³-hybridized carbons (Fsp3) is 0.148. The van der Waals surface area contributed by atoms with Crippen LogP contribution in [0.2, 0.25) is 0 Å². The molecule has 0 fully saturated rings. The predicted molar refractivity (Wildman–Crippen MR) is 131 cm³/mol. The van der Waals surface area contributed by atoms with Crippen molar-refractivity contribution in [2.45, 2.75) is 13.5 Å². The van der Waals surface area contributed by atoms with Crippen molar-refractivity contribution in [1.82, 2.24) is 4.57 Å². The van der Waals surface area contributed by atoms with E-state index in [-0.39, 0.29) is 29.0 Å². The molecule has 1 aromatic heterocycles. The van der Waals surface area contributed by atoms with Crippen molar-refractivity contribution in [2.75, 3.05) is 19.0 Å². The van der Waals surface area contributed by atoms with Gasteiger partial charge in [-0.25, -0.2) is 4.39 Å². The van der Waals surface area contributed by atoms with Gasteiger partial charge in [0.15, 0.2) is 5.78 Å². The largest absolute Gasteiger partial charge is 0.497 e. The number of anilines is 1. The van der Waals surface area contributed by atoms with Crippen LogP contribution in [0.4, 0.5) is 10.1 Å². The number of aromatic nitrogens is 1. The molecule has 0 atom stereocenters. The van der Waals surface area contributed by atoms with Crippen LogP contribution >= 0.6 is 0 Å². The Bertz CT molecular complexity index is 1440. The van der Waals surface area contributed by atoms with Gasteiger partial charge in [-0.1, -0.05) is 0 Å². The van der Waals surface area contributed by atoms with Crippen LogP contribution in [0, 0.1) is 5.82 Å². The summed E-state index contributed by atoms with van der Waals surface area (Å²) in [6.07, 6.45) is 1.34. The maximum absolute atomic E-state index is 14.0. The van der Waals surface area contributed by atoms with Gasteiger partial charge in [0.25, 0.3) is 0 Å². The maximum Gasteiger partial charge on any atom is 0.244 e. The Kier molecular flexibility index (Phi) is 6.91. The predicted octanol–water partition coefficient (Wildman–Crippen LogP) is 4.42. The summed E-state index contributed by atoms with van der Waals surface area (Å²) in [5, 5.41) is 2.79. The number of nitrogens with one attached hydrogen (secondary N) is 1. The van der Waals surface area contributed by atoms with Crippen LogP contribution in [0.25, 0.3) is 10.9 Å². The van der Waals surface area contributed by atoms with Crippen molar-refractivity contribution in [3.8, 4) is 11.5 Å². The quantitative estimate of drug-likeness (QED) is 0.382. The van der Waals surface area contributed by atoms with Crippen molar-refractivity contribution in [3.05, 3.63) is 100 Å². The third-order valence-corrected chi connectivity index (χ3v) is 5.40. The Morgan fingerprint density at radius 3 is 2.31 bits per heavy atom. The molecule has 4 rings (SSSR count). The van der Waals surface area contributed by atoms with Gasteiger partial charge in [0.1, 0.15) is 23.9 Å². The fourth-order valence-electron chi connectivity index (χ4n) is 3.72. The number of pyridine rings is 1. The standard InChI is InChI=1S/C27H23FN2O5/c1-3-35-21-11-7-19(8-12-21)29-25(31)16-30-15-23(26(32)17-4-9-20(34-2)10-5-17)27(33)22-14-18(28)6-13-24(22)30/h4-15H,3,16H2,1-2H3,(H,29,31). The second kappa shape index (κ2) is 10.2. The van der Waals surface area contributed by atoms with E-state index < -0.39 is 17.0 Å². The van der Waals surface area contributed by atoms with E-state index >= 15 is 0 Å². The Morgan fingerprint density at radius 2 is 1.66 bits per heavy atom. The number of methoxy groups -OCH3 is 1. The minimum atomic E-state index is -0.617. The highest BCUT2D eigenvalue weighted by Crippen LogP contribution is 2.19. The molecule has 1 heterocycles. The van der Waals surface area contributed by atoms with E-state index in [0.717, 1.165) is 6.07 Å². The molecule has 0 saturated carbocycles. The number of carbonyl (C=O) groups excluding carboxylic acids is 2. The van der Waals surface area contributed by atoms with E-state index in [1.807, 2.05) is 6.92 Å². The molecule has 0 bridgehead atoms. The minimum Gasteiger partial charge on any atom is -0.497 e. The van der Waals surface area contributed by atoms with E-state index in [4.69, 9.17) is 9.47 Å². The summed E-state index contributed by atoms with van der Waals surface area (Å²) in [7, 11) is 1.51. The average Bonchev–Trinajstić information content (AvgIpc) is 2.86. The molecular weight excluding hydrogens is 451 g/mol. The number of ketones is 1. The Hall–Kier alpha value is -4.46. The Morgan fingerprint density at radius 1 is 0.971 bits per heavy atom. The molecule has 0 unspecified atom stereocenters. The van der Waals surface area contributed by atoms with Crippen LogP contribution in [0.5, 0.6) is 11.5 Å². The molecule has 35 heavy (non-hydrogen) atoms. The molecule has 0 radical (unpaired) electrons. The number of halogens is 1. The molecule has 0 aliphatic heterocycles.